The SMILES string of the molecule is Cc1c(C)c(C)c(C)c(C)c1C.[C-]#[O+].[C-]#[O+].[C-]#[O+].[Mn]. The third-order valence-electron chi connectivity index (χ3n) is 3.38. The van der Waals surface area contributed by atoms with Crippen molar-refractivity contribution in [1.29, 1.82) is 0 Å². The molecule has 103 valence electrons. The second kappa shape index (κ2) is 15.0. The average Bonchev–Trinajstić information content (AvgIpc) is 2.47. The summed E-state index contributed by atoms with van der Waals surface area (Å²) in [5, 5.41) is 0. The second-order valence-electron chi connectivity index (χ2n) is 3.75. The Morgan fingerprint density at radius 2 is 0.474 bits per heavy atom. The van der Waals surface area contributed by atoms with Crippen LogP contribution in [0.15, 0.2) is 0 Å². The van der Waals surface area contributed by atoms with E-state index in [0.717, 1.165) is 0 Å². The van der Waals surface area contributed by atoms with E-state index in [0.29, 0.717) is 0 Å². The van der Waals surface area contributed by atoms with Crippen molar-refractivity contribution in [2.45, 2.75) is 41.5 Å². The minimum Gasteiger partial charge on any atom is 0 e. The van der Waals surface area contributed by atoms with Gasteiger partial charge in [-0.3, -0.25) is 0 Å². The molecule has 0 amide bonds. The van der Waals surface area contributed by atoms with Crippen LogP contribution < -0.4 is 0 Å². The van der Waals surface area contributed by atoms with Crippen LogP contribution in [0.5, 0.6) is 0 Å². The Morgan fingerprint density at radius 1 is 0.421 bits per heavy atom. The summed E-state index contributed by atoms with van der Waals surface area (Å²) in [5.41, 5.74) is 8.73. The molecule has 0 heterocycles. The van der Waals surface area contributed by atoms with Gasteiger partial charge in [-0.2, -0.15) is 0 Å². The molecule has 3 nitrogen and oxygen atoms in total. The zero-order valence-corrected chi connectivity index (χ0v) is 13.3. The van der Waals surface area contributed by atoms with E-state index in [-0.39, 0.29) is 17.1 Å². The summed E-state index contributed by atoms with van der Waals surface area (Å²) in [6.07, 6.45) is 0. The Morgan fingerprint density at radius 3 is 0.526 bits per heavy atom. The van der Waals surface area contributed by atoms with Crippen LogP contribution in [0, 0.1) is 61.5 Å². The number of hydrogen-bond donors (Lipinski definition) is 0. The Balaban J connectivity index is -0.000000142. The van der Waals surface area contributed by atoms with Gasteiger partial charge in [-0.05, 0) is 74.9 Å². The Labute approximate surface area is 126 Å². The molecule has 0 saturated carbocycles. The fourth-order valence-electron chi connectivity index (χ4n) is 1.69. The molecule has 1 rings (SSSR count). The first-order chi connectivity index (χ1) is 8.46. The fourth-order valence-corrected chi connectivity index (χ4v) is 1.69. The van der Waals surface area contributed by atoms with Gasteiger partial charge in [-0.1, -0.05) is 0 Å². The molecule has 0 aliphatic rings. The third kappa shape index (κ3) is 7.20. The summed E-state index contributed by atoms with van der Waals surface area (Å²) in [7, 11) is 0. The Hall–Kier alpha value is -1.04. The summed E-state index contributed by atoms with van der Waals surface area (Å²) in [4.78, 5) is 0. The molecule has 0 atom stereocenters. The topological polar surface area (TPSA) is 59.7 Å². The smallest absolute Gasteiger partial charge is 0 e. The van der Waals surface area contributed by atoms with Crippen LogP contribution in [0.3, 0.4) is 0 Å². The van der Waals surface area contributed by atoms with Gasteiger partial charge in [0.1, 0.15) is 0 Å². The molecule has 0 aliphatic heterocycles. The van der Waals surface area contributed by atoms with Crippen LogP contribution in [0.4, 0.5) is 0 Å². The van der Waals surface area contributed by atoms with Gasteiger partial charge in [0, 0.05) is 17.1 Å². The van der Waals surface area contributed by atoms with Gasteiger partial charge in [0.05, 0.1) is 0 Å². The number of benzene rings is 1. The van der Waals surface area contributed by atoms with Crippen molar-refractivity contribution in [2.75, 3.05) is 0 Å². The summed E-state index contributed by atoms with van der Waals surface area (Å²) in [6, 6.07) is 0. The predicted octanol–water partition coefficient (Wildman–Crippen LogP) is 3.42. The van der Waals surface area contributed by atoms with E-state index in [9.17, 15) is 0 Å². The first kappa shape index (κ1) is 26.5. The molecule has 1 radical (unpaired) electrons. The van der Waals surface area contributed by atoms with Crippen LogP contribution in [0.1, 0.15) is 33.4 Å². The van der Waals surface area contributed by atoms with Crippen molar-refractivity contribution in [3.05, 3.63) is 53.3 Å². The van der Waals surface area contributed by atoms with Gasteiger partial charge < -0.3 is 0 Å². The number of rotatable bonds is 0. The van der Waals surface area contributed by atoms with Gasteiger partial charge in [-0.25, -0.2) is 0 Å². The molecule has 0 saturated heterocycles. The van der Waals surface area contributed by atoms with Crippen molar-refractivity contribution in [1.82, 2.24) is 0 Å². The fraction of sp³-hybridized carbons (Fsp3) is 0.400. The van der Waals surface area contributed by atoms with Gasteiger partial charge in [0.2, 0.25) is 0 Å². The molecule has 0 fully saturated rings. The molecular formula is C15H18MnO3. The molecule has 1 aromatic rings. The van der Waals surface area contributed by atoms with E-state index >= 15 is 0 Å². The summed E-state index contributed by atoms with van der Waals surface area (Å²) in [5.74, 6) is 0. The van der Waals surface area contributed by atoms with Gasteiger partial charge >= 0.3 is 33.9 Å². The van der Waals surface area contributed by atoms with Crippen LogP contribution in [-0.4, -0.2) is 0 Å². The van der Waals surface area contributed by atoms with Gasteiger partial charge in [0.25, 0.3) is 0 Å². The van der Waals surface area contributed by atoms with Crippen molar-refractivity contribution in [2.24, 2.45) is 0 Å². The summed E-state index contributed by atoms with van der Waals surface area (Å²) < 4.78 is 22.5. The van der Waals surface area contributed by atoms with E-state index in [4.69, 9.17) is 14.0 Å². The van der Waals surface area contributed by atoms with Crippen molar-refractivity contribution < 1.29 is 31.0 Å². The molecule has 0 aliphatic carbocycles. The quantitative estimate of drug-likeness (QED) is 0.400. The normalized spacial score (nSPS) is 6.95. The Kier molecular flexibility index (Phi) is 21.0. The van der Waals surface area contributed by atoms with E-state index in [1.54, 1.807) is 0 Å². The minimum atomic E-state index is 0. The van der Waals surface area contributed by atoms with E-state index < -0.39 is 0 Å². The first-order valence-corrected chi connectivity index (χ1v) is 5.11. The zero-order valence-electron chi connectivity index (χ0n) is 12.1. The predicted molar refractivity (Wildman–Crippen MR) is 66.7 cm³/mol. The van der Waals surface area contributed by atoms with Crippen LogP contribution >= 0.6 is 0 Å². The van der Waals surface area contributed by atoms with E-state index in [1.807, 2.05) is 0 Å². The van der Waals surface area contributed by atoms with Crippen LogP contribution in [0.2, 0.25) is 0 Å². The summed E-state index contributed by atoms with van der Waals surface area (Å²) >= 11 is 0. The monoisotopic (exact) mass is 301 g/mol. The van der Waals surface area contributed by atoms with Crippen molar-refractivity contribution in [3.63, 3.8) is 0 Å². The van der Waals surface area contributed by atoms with E-state index in [2.05, 4.69) is 61.5 Å². The molecule has 4 heteroatoms. The Bertz CT molecular complexity index is 324. The van der Waals surface area contributed by atoms with Gasteiger partial charge in [0.15, 0.2) is 0 Å². The van der Waals surface area contributed by atoms with Crippen LogP contribution in [-0.2, 0) is 31.0 Å². The molecule has 1 aromatic carbocycles. The maximum absolute atomic E-state index is 7.50. The molecule has 0 spiro atoms. The largest absolute Gasteiger partial charge is 0 e. The average molecular weight is 301 g/mol. The molecule has 0 aromatic heterocycles. The summed E-state index contributed by atoms with van der Waals surface area (Å²) in [6.45, 7) is 26.8. The molecular weight excluding hydrogens is 283 g/mol. The van der Waals surface area contributed by atoms with Crippen LogP contribution in [0.25, 0.3) is 0 Å². The molecule has 0 unspecified atom stereocenters. The maximum Gasteiger partial charge on any atom is 0 e. The van der Waals surface area contributed by atoms with Gasteiger partial charge in [-0.15, -0.1) is 0 Å². The van der Waals surface area contributed by atoms with Crippen molar-refractivity contribution >= 4 is 0 Å². The number of hydrogen-bond acceptors (Lipinski definition) is 0. The maximum atomic E-state index is 7.50. The minimum absolute atomic E-state index is 0. The molecule has 0 N–H and O–H groups in total. The standard InChI is InChI=1S/C12H18.3CO.Mn/c1-7-8(2)10(4)12(6)11(5)9(7)3;3*1-2;/h1-6H3;;;;. The molecule has 0 bridgehead atoms. The molecule has 19 heavy (non-hydrogen) atoms. The first-order valence-electron chi connectivity index (χ1n) is 5.11. The van der Waals surface area contributed by atoms with E-state index in [1.165, 1.54) is 33.4 Å². The third-order valence-corrected chi connectivity index (χ3v) is 3.38. The zero-order chi connectivity index (χ0) is 15.5. The van der Waals surface area contributed by atoms with Crippen molar-refractivity contribution in [3.8, 4) is 0 Å². The second-order valence-corrected chi connectivity index (χ2v) is 3.75.